The van der Waals surface area contributed by atoms with Crippen molar-refractivity contribution in [1.82, 2.24) is 19.7 Å². The van der Waals surface area contributed by atoms with Crippen molar-refractivity contribution < 1.29 is 8.94 Å². The van der Waals surface area contributed by atoms with E-state index in [4.69, 9.17) is 8.94 Å². The number of nitrogens with one attached hydrogen (secondary N) is 1. The average molecular weight is 332 g/mol. The quantitative estimate of drug-likeness (QED) is 0.535. The molecule has 0 aliphatic rings. The molecule has 7 heteroatoms. The first-order valence-corrected chi connectivity index (χ1v) is 7.71. The van der Waals surface area contributed by atoms with Crippen molar-refractivity contribution in [3.8, 4) is 22.8 Å². The number of aromatic amines is 1. The molecule has 5 rings (SSSR count). The van der Waals surface area contributed by atoms with Crippen molar-refractivity contribution in [3.63, 3.8) is 0 Å². The van der Waals surface area contributed by atoms with E-state index in [-0.39, 0.29) is 0 Å². The van der Waals surface area contributed by atoms with Crippen LogP contribution in [0, 0.1) is 0 Å². The first-order chi connectivity index (χ1) is 12.2. The van der Waals surface area contributed by atoms with Crippen molar-refractivity contribution in [3.05, 3.63) is 59.2 Å². The normalized spacial score (nSPS) is 11.6. The summed E-state index contributed by atoms with van der Waals surface area (Å²) in [5.41, 5.74) is 3.80. The highest BCUT2D eigenvalue weighted by Gasteiger charge is 2.15. The van der Waals surface area contributed by atoms with E-state index in [0.29, 0.717) is 17.3 Å². The lowest BCUT2D eigenvalue weighted by atomic mass is 10.1. The van der Waals surface area contributed by atoms with Crippen LogP contribution in [0.4, 0.5) is 0 Å². The second-order valence-electron chi connectivity index (χ2n) is 5.78. The highest BCUT2D eigenvalue weighted by molar-refractivity contribution is 5.93. The molecule has 0 bridgehead atoms. The zero-order valence-electron chi connectivity index (χ0n) is 13.2. The van der Waals surface area contributed by atoms with E-state index in [1.54, 1.807) is 19.2 Å². The molecular formula is C18H12N4O3. The minimum absolute atomic E-state index is 0.403. The Labute approximate surface area is 140 Å². The number of H-pyrrole nitrogens is 1. The lowest BCUT2D eigenvalue weighted by Gasteiger charge is -1.97. The molecule has 2 aromatic carbocycles. The third-order valence-electron chi connectivity index (χ3n) is 4.30. The Morgan fingerprint density at radius 3 is 3.00 bits per heavy atom. The summed E-state index contributed by atoms with van der Waals surface area (Å²) in [5, 5.41) is 5.08. The zero-order chi connectivity index (χ0) is 17.0. The SMILES string of the molecule is Cn1c(=O)oc2cc(-c3noc(-c4cccc5[nH]ccc45)n3)ccc21. The molecule has 1 N–H and O–H groups in total. The van der Waals surface area contributed by atoms with Gasteiger partial charge in [-0.15, -0.1) is 0 Å². The van der Waals surface area contributed by atoms with Crippen molar-refractivity contribution in [2.24, 2.45) is 7.05 Å². The van der Waals surface area contributed by atoms with Gasteiger partial charge in [0.2, 0.25) is 5.82 Å². The summed E-state index contributed by atoms with van der Waals surface area (Å²) in [5.74, 6) is 0.478. The van der Waals surface area contributed by atoms with Gasteiger partial charge in [-0.25, -0.2) is 4.79 Å². The summed E-state index contributed by atoms with van der Waals surface area (Å²) in [6, 6.07) is 13.2. The molecule has 0 saturated carbocycles. The highest BCUT2D eigenvalue weighted by Crippen LogP contribution is 2.29. The summed E-state index contributed by atoms with van der Waals surface area (Å²) in [6.45, 7) is 0. The Morgan fingerprint density at radius 2 is 2.08 bits per heavy atom. The van der Waals surface area contributed by atoms with E-state index >= 15 is 0 Å². The molecule has 3 heterocycles. The van der Waals surface area contributed by atoms with Crippen LogP contribution >= 0.6 is 0 Å². The maximum absolute atomic E-state index is 11.6. The molecule has 7 nitrogen and oxygen atoms in total. The average Bonchev–Trinajstić information content (AvgIpc) is 3.34. The van der Waals surface area contributed by atoms with E-state index in [9.17, 15) is 4.79 Å². The maximum atomic E-state index is 11.6. The van der Waals surface area contributed by atoms with Gasteiger partial charge in [0.15, 0.2) is 5.58 Å². The summed E-state index contributed by atoms with van der Waals surface area (Å²) >= 11 is 0. The molecule has 3 aromatic heterocycles. The van der Waals surface area contributed by atoms with Crippen LogP contribution in [0.15, 0.2) is 62.4 Å². The van der Waals surface area contributed by atoms with Gasteiger partial charge < -0.3 is 13.9 Å². The fourth-order valence-electron chi connectivity index (χ4n) is 2.99. The summed E-state index contributed by atoms with van der Waals surface area (Å²) in [4.78, 5) is 19.3. The lowest BCUT2D eigenvalue weighted by Crippen LogP contribution is -2.08. The van der Waals surface area contributed by atoms with Crippen LogP contribution in [-0.4, -0.2) is 19.7 Å². The van der Waals surface area contributed by atoms with Gasteiger partial charge in [0.25, 0.3) is 5.89 Å². The van der Waals surface area contributed by atoms with Crippen LogP contribution in [0.3, 0.4) is 0 Å². The predicted molar refractivity (Wildman–Crippen MR) is 92.0 cm³/mol. The Morgan fingerprint density at radius 1 is 1.16 bits per heavy atom. The molecule has 5 aromatic rings. The van der Waals surface area contributed by atoms with Gasteiger partial charge in [-0.05, 0) is 36.4 Å². The van der Waals surface area contributed by atoms with Crippen LogP contribution in [0.1, 0.15) is 0 Å². The van der Waals surface area contributed by atoms with Crippen molar-refractivity contribution in [2.45, 2.75) is 0 Å². The molecule has 0 unspecified atom stereocenters. The molecule has 0 amide bonds. The molecule has 0 spiro atoms. The fourth-order valence-corrected chi connectivity index (χ4v) is 2.99. The molecule has 0 aliphatic carbocycles. The van der Waals surface area contributed by atoms with Crippen LogP contribution in [0.5, 0.6) is 0 Å². The third-order valence-corrected chi connectivity index (χ3v) is 4.30. The number of hydrogen-bond acceptors (Lipinski definition) is 5. The van der Waals surface area contributed by atoms with Crippen LogP contribution in [0.25, 0.3) is 44.8 Å². The molecule has 0 fully saturated rings. The smallest absolute Gasteiger partial charge is 0.408 e. The molecule has 0 radical (unpaired) electrons. The van der Waals surface area contributed by atoms with Crippen molar-refractivity contribution in [2.75, 3.05) is 0 Å². The molecule has 25 heavy (non-hydrogen) atoms. The van der Waals surface area contributed by atoms with Crippen LogP contribution in [0.2, 0.25) is 0 Å². The number of nitrogens with zero attached hydrogens (tertiary/aromatic N) is 3. The molecule has 0 saturated heterocycles. The largest absolute Gasteiger partial charge is 0.419 e. The standard InChI is InChI=1S/C18H12N4O3/c1-22-14-6-5-10(9-15(14)24-18(22)23)16-20-17(25-21-16)12-3-2-4-13-11(12)7-8-19-13/h2-9,19H,1H3. The van der Waals surface area contributed by atoms with Crippen LogP contribution < -0.4 is 5.76 Å². The monoisotopic (exact) mass is 332 g/mol. The van der Waals surface area contributed by atoms with E-state index < -0.39 is 5.76 Å². The number of aryl methyl sites for hydroxylation is 1. The highest BCUT2D eigenvalue weighted by atomic mass is 16.5. The summed E-state index contributed by atoms with van der Waals surface area (Å²) in [7, 11) is 1.66. The second-order valence-corrected chi connectivity index (χ2v) is 5.78. The van der Waals surface area contributed by atoms with Gasteiger partial charge in [-0.3, -0.25) is 4.57 Å². The Balaban J connectivity index is 1.63. The van der Waals surface area contributed by atoms with Gasteiger partial charge in [0, 0.05) is 35.3 Å². The second kappa shape index (κ2) is 4.94. The third kappa shape index (κ3) is 2.02. The van der Waals surface area contributed by atoms with Gasteiger partial charge in [-0.2, -0.15) is 4.98 Å². The first kappa shape index (κ1) is 13.8. The van der Waals surface area contributed by atoms with Crippen molar-refractivity contribution in [1.29, 1.82) is 0 Å². The molecule has 0 atom stereocenters. The number of benzene rings is 2. The topological polar surface area (TPSA) is 89.9 Å². The predicted octanol–water partition coefficient (Wildman–Crippen LogP) is 3.33. The minimum atomic E-state index is -0.403. The van der Waals surface area contributed by atoms with E-state index in [0.717, 1.165) is 27.5 Å². The van der Waals surface area contributed by atoms with Gasteiger partial charge in [-0.1, -0.05) is 11.2 Å². The Bertz CT molecular complexity index is 1290. The number of aromatic nitrogens is 4. The van der Waals surface area contributed by atoms with E-state index in [1.807, 2.05) is 36.5 Å². The summed E-state index contributed by atoms with van der Waals surface area (Å²) in [6.07, 6.45) is 1.87. The van der Waals surface area contributed by atoms with Gasteiger partial charge in [0.05, 0.1) is 5.52 Å². The number of rotatable bonds is 2. The van der Waals surface area contributed by atoms with Crippen molar-refractivity contribution >= 4 is 22.0 Å². The van der Waals surface area contributed by atoms with E-state index in [2.05, 4.69) is 15.1 Å². The lowest BCUT2D eigenvalue weighted by molar-refractivity contribution is 0.432. The fraction of sp³-hybridized carbons (Fsp3) is 0.0556. The van der Waals surface area contributed by atoms with Crippen LogP contribution in [-0.2, 0) is 7.05 Å². The van der Waals surface area contributed by atoms with Gasteiger partial charge in [0.1, 0.15) is 0 Å². The first-order valence-electron chi connectivity index (χ1n) is 7.71. The van der Waals surface area contributed by atoms with Gasteiger partial charge >= 0.3 is 5.76 Å². The van der Waals surface area contributed by atoms with E-state index in [1.165, 1.54) is 4.57 Å². The number of oxazole rings is 1. The minimum Gasteiger partial charge on any atom is -0.408 e. The number of hydrogen-bond donors (Lipinski definition) is 1. The number of fused-ring (bicyclic) bond motifs is 2. The molecule has 122 valence electrons. The Kier molecular flexibility index (Phi) is 2.73. The Hall–Kier alpha value is -3.61. The zero-order valence-corrected chi connectivity index (χ0v) is 13.2. The summed E-state index contributed by atoms with van der Waals surface area (Å²) < 4.78 is 12.1. The maximum Gasteiger partial charge on any atom is 0.419 e. The molecule has 0 aliphatic heterocycles. The molecular weight excluding hydrogens is 320 g/mol.